The summed E-state index contributed by atoms with van der Waals surface area (Å²) in [5.74, 6) is 1.09. The molecular formula is C12H11F2N3O. The van der Waals surface area contributed by atoms with E-state index in [-0.39, 0.29) is 5.75 Å². The molecule has 0 spiro atoms. The molecule has 0 saturated heterocycles. The Bertz CT molecular complexity index is 517. The molecule has 0 unspecified atom stereocenters. The Morgan fingerprint density at radius 1 is 1.11 bits per heavy atom. The maximum Gasteiger partial charge on any atom is 0.387 e. The van der Waals surface area contributed by atoms with Crippen molar-refractivity contribution >= 4 is 17.3 Å². The average molecular weight is 251 g/mol. The Morgan fingerprint density at radius 2 is 1.83 bits per heavy atom. The van der Waals surface area contributed by atoms with Crippen molar-refractivity contribution in [1.82, 2.24) is 4.98 Å². The monoisotopic (exact) mass is 251 g/mol. The van der Waals surface area contributed by atoms with Gasteiger partial charge in [0.2, 0.25) is 0 Å². The van der Waals surface area contributed by atoms with Gasteiger partial charge in [-0.25, -0.2) is 4.98 Å². The van der Waals surface area contributed by atoms with Crippen molar-refractivity contribution in [2.75, 3.05) is 11.1 Å². The van der Waals surface area contributed by atoms with Crippen molar-refractivity contribution < 1.29 is 13.5 Å². The maximum atomic E-state index is 12.0. The normalized spacial score (nSPS) is 10.4. The summed E-state index contributed by atoms with van der Waals surface area (Å²) < 4.78 is 28.1. The number of hydrogen-bond acceptors (Lipinski definition) is 4. The van der Waals surface area contributed by atoms with Crippen LogP contribution in [0.15, 0.2) is 42.5 Å². The molecule has 0 aliphatic rings. The summed E-state index contributed by atoms with van der Waals surface area (Å²) in [4.78, 5) is 4.05. The van der Waals surface area contributed by atoms with E-state index in [9.17, 15) is 8.78 Å². The average Bonchev–Trinajstić information content (AvgIpc) is 2.31. The molecule has 0 fully saturated rings. The van der Waals surface area contributed by atoms with Gasteiger partial charge in [-0.15, -0.1) is 0 Å². The van der Waals surface area contributed by atoms with Crippen LogP contribution in [-0.2, 0) is 0 Å². The first-order chi connectivity index (χ1) is 8.63. The van der Waals surface area contributed by atoms with Crippen LogP contribution >= 0.6 is 0 Å². The number of benzene rings is 1. The van der Waals surface area contributed by atoms with E-state index >= 15 is 0 Å². The van der Waals surface area contributed by atoms with Crippen LogP contribution in [0.3, 0.4) is 0 Å². The van der Waals surface area contributed by atoms with E-state index in [0.29, 0.717) is 17.3 Å². The van der Waals surface area contributed by atoms with Gasteiger partial charge in [0, 0.05) is 5.69 Å². The summed E-state index contributed by atoms with van der Waals surface area (Å²) in [6.07, 6.45) is 0. The number of nitrogens with two attached hydrogens (primary N) is 1. The molecule has 3 N–H and O–H groups in total. The maximum absolute atomic E-state index is 12.0. The summed E-state index contributed by atoms with van der Waals surface area (Å²) in [6, 6.07) is 11.3. The van der Waals surface area contributed by atoms with Crippen LogP contribution < -0.4 is 15.8 Å². The van der Waals surface area contributed by atoms with Gasteiger partial charge in [0.15, 0.2) is 0 Å². The first-order valence-corrected chi connectivity index (χ1v) is 5.18. The van der Waals surface area contributed by atoms with Crippen molar-refractivity contribution in [1.29, 1.82) is 0 Å². The fourth-order valence-corrected chi connectivity index (χ4v) is 1.39. The van der Waals surface area contributed by atoms with Crippen LogP contribution in [0.1, 0.15) is 0 Å². The van der Waals surface area contributed by atoms with Crippen LogP contribution in [0.5, 0.6) is 5.75 Å². The number of hydrogen-bond donors (Lipinski definition) is 2. The van der Waals surface area contributed by atoms with E-state index in [4.69, 9.17) is 5.73 Å². The molecule has 18 heavy (non-hydrogen) atoms. The molecule has 0 aliphatic heterocycles. The SMILES string of the molecule is Nc1cccc(Nc2ccc(OC(F)F)cc2)n1. The lowest BCUT2D eigenvalue weighted by Crippen LogP contribution is -2.02. The zero-order valence-corrected chi connectivity index (χ0v) is 9.31. The Hall–Kier alpha value is -2.37. The van der Waals surface area contributed by atoms with Crippen molar-refractivity contribution in [3.05, 3.63) is 42.5 Å². The number of rotatable bonds is 4. The number of anilines is 3. The Labute approximate surface area is 102 Å². The van der Waals surface area contributed by atoms with E-state index in [1.165, 1.54) is 12.1 Å². The smallest absolute Gasteiger partial charge is 0.387 e. The van der Waals surface area contributed by atoms with E-state index in [2.05, 4.69) is 15.0 Å². The van der Waals surface area contributed by atoms with Crippen molar-refractivity contribution in [3.63, 3.8) is 0 Å². The zero-order chi connectivity index (χ0) is 13.0. The summed E-state index contributed by atoms with van der Waals surface area (Å²) in [6.45, 7) is -2.82. The van der Waals surface area contributed by atoms with Gasteiger partial charge in [0.05, 0.1) is 0 Å². The van der Waals surface area contributed by atoms with Crippen LogP contribution in [0.2, 0.25) is 0 Å². The molecular weight excluding hydrogens is 240 g/mol. The molecule has 0 atom stereocenters. The predicted octanol–water partition coefficient (Wildman–Crippen LogP) is 3.01. The van der Waals surface area contributed by atoms with Gasteiger partial charge in [-0.3, -0.25) is 0 Å². The van der Waals surface area contributed by atoms with Crippen LogP contribution in [-0.4, -0.2) is 11.6 Å². The first kappa shape index (κ1) is 12.1. The minimum atomic E-state index is -2.82. The highest BCUT2D eigenvalue weighted by Gasteiger charge is 2.03. The quantitative estimate of drug-likeness (QED) is 0.876. The van der Waals surface area contributed by atoms with Gasteiger partial charge in [-0.2, -0.15) is 8.78 Å². The molecule has 4 nitrogen and oxygen atoms in total. The van der Waals surface area contributed by atoms with Crippen LogP contribution in [0, 0.1) is 0 Å². The van der Waals surface area contributed by atoms with Gasteiger partial charge in [-0.1, -0.05) is 6.07 Å². The second-order valence-corrected chi connectivity index (χ2v) is 3.48. The lowest BCUT2D eigenvalue weighted by molar-refractivity contribution is -0.0498. The Morgan fingerprint density at radius 3 is 2.44 bits per heavy atom. The third-order valence-electron chi connectivity index (χ3n) is 2.12. The second-order valence-electron chi connectivity index (χ2n) is 3.48. The van der Waals surface area contributed by atoms with E-state index in [1.807, 2.05) is 0 Å². The Kier molecular flexibility index (Phi) is 3.57. The molecule has 1 heterocycles. The highest BCUT2D eigenvalue weighted by molar-refractivity contribution is 5.58. The molecule has 94 valence electrons. The zero-order valence-electron chi connectivity index (χ0n) is 9.31. The molecule has 0 aliphatic carbocycles. The molecule has 1 aromatic carbocycles. The third kappa shape index (κ3) is 3.31. The van der Waals surface area contributed by atoms with Gasteiger partial charge >= 0.3 is 6.61 Å². The molecule has 0 amide bonds. The number of halogens is 2. The largest absolute Gasteiger partial charge is 0.435 e. The Balaban J connectivity index is 2.06. The topological polar surface area (TPSA) is 60.2 Å². The van der Waals surface area contributed by atoms with Crippen molar-refractivity contribution in [2.24, 2.45) is 0 Å². The second kappa shape index (κ2) is 5.31. The third-order valence-corrected chi connectivity index (χ3v) is 2.12. The highest BCUT2D eigenvalue weighted by atomic mass is 19.3. The van der Waals surface area contributed by atoms with Crippen LogP contribution in [0.25, 0.3) is 0 Å². The number of pyridine rings is 1. The predicted molar refractivity (Wildman–Crippen MR) is 65.0 cm³/mol. The number of nitrogens with one attached hydrogen (secondary N) is 1. The molecule has 6 heteroatoms. The number of nitrogen functional groups attached to an aromatic ring is 1. The van der Waals surface area contributed by atoms with Gasteiger partial charge < -0.3 is 15.8 Å². The minimum Gasteiger partial charge on any atom is -0.435 e. The number of ether oxygens (including phenoxy) is 1. The number of aromatic nitrogens is 1. The van der Waals surface area contributed by atoms with Gasteiger partial charge in [0.1, 0.15) is 17.4 Å². The summed E-state index contributed by atoms with van der Waals surface area (Å²) in [7, 11) is 0. The van der Waals surface area contributed by atoms with E-state index in [1.54, 1.807) is 30.3 Å². The first-order valence-electron chi connectivity index (χ1n) is 5.18. The fraction of sp³-hybridized carbons (Fsp3) is 0.0833. The summed E-state index contributed by atoms with van der Waals surface area (Å²) in [5.41, 5.74) is 6.24. The molecule has 2 rings (SSSR count). The van der Waals surface area contributed by atoms with Crippen molar-refractivity contribution in [2.45, 2.75) is 6.61 Å². The molecule has 1 aromatic heterocycles. The van der Waals surface area contributed by atoms with Gasteiger partial charge in [-0.05, 0) is 36.4 Å². The molecule has 0 radical (unpaired) electrons. The van der Waals surface area contributed by atoms with Crippen molar-refractivity contribution in [3.8, 4) is 5.75 Å². The van der Waals surface area contributed by atoms with E-state index in [0.717, 1.165) is 0 Å². The number of alkyl halides is 2. The highest BCUT2D eigenvalue weighted by Crippen LogP contribution is 2.20. The fourth-order valence-electron chi connectivity index (χ4n) is 1.39. The molecule has 0 saturated carbocycles. The lowest BCUT2D eigenvalue weighted by Gasteiger charge is -2.08. The van der Waals surface area contributed by atoms with E-state index < -0.39 is 6.61 Å². The molecule has 2 aromatic rings. The number of nitrogens with zero attached hydrogens (tertiary/aromatic N) is 1. The van der Waals surface area contributed by atoms with Crippen LogP contribution in [0.4, 0.5) is 26.1 Å². The summed E-state index contributed by atoms with van der Waals surface area (Å²) >= 11 is 0. The summed E-state index contributed by atoms with van der Waals surface area (Å²) in [5, 5.41) is 2.99. The lowest BCUT2D eigenvalue weighted by atomic mass is 10.3. The standard InChI is InChI=1S/C12H11F2N3O/c13-12(14)18-9-6-4-8(5-7-9)16-11-3-1-2-10(15)17-11/h1-7,12H,(H3,15,16,17). The minimum absolute atomic E-state index is 0.107. The molecule has 0 bridgehead atoms. The van der Waals surface area contributed by atoms with Gasteiger partial charge in [0.25, 0.3) is 0 Å².